The van der Waals surface area contributed by atoms with Crippen LogP contribution < -0.4 is 22.3 Å². The maximum Gasteiger partial charge on any atom is 0.330 e. The molecule has 0 atom stereocenters. The Balaban J connectivity index is 3.07. The zero-order valence-electron chi connectivity index (χ0n) is 12.3. The van der Waals surface area contributed by atoms with E-state index in [2.05, 4.69) is 10.3 Å². The van der Waals surface area contributed by atoms with E-state index >= 15 is 0 Å². The quantitative estimate of drug-likeness (QED) is 0.577. The molecule has 0 aromatic carbocycles. The van der Waals surface area contributed by atoms with E-state index in [4.69, 9.17) is 5.73 Å². The van der Waals surface area contributed by atoms with Gasteiger partial charge in [0.15, 0.2) is 0 Å². The highest BCUT2D eigenvalue weighted by molar-refractivity contribution is 5.60. The summed E-state index contributed by atoms with van der Waals surface area (Å²) in [4.78, 5) is 25.8. The van der Waals surface area contributed by atoms with E-state index < -0.39 is 11.2 Å². The largest absolute Gasteiger partial charge is 0.396 e. The minimum Gasteiger partial charge on any atom is -0.396 e. The van der Waals surface area contributed by atoms with Crippen LogP contribution in [0.2, 0.25) is 0 Å². The lowest BCUT2D eigenvalue weighted by Gasteiger charge is -2.23. The normalized spacial score (nSPS) is 11.6. The summed E-state index contributed by atoms with van der Waals surface area (Å²) in [5.41, 5.74) is 4.69. The van der Waals surface area contributed by atoms with Gasteiger partial charge in [0.05, 0.1) is 0 Å². The molecule has 0 aliphatic heterocycles. The van der Waals surface area contributed by atoms with E-state index in [1.54, 1.807) is 0 Å². The minimum absolute atomic E-state index is 0.0206. The summed E-state index contributed by atoms with van der Waals surface area (Å²) < 4.78 is 1.36. The Morgan fingerprint density at radius 3 is 2.60 bits per heavy atom. The summed E-state index contributed by atoms with van der Waals surface area (Å²) >= 11 is 0. The number of nitrogens with one attached hydrogen (secondary N) is 2. The van der Waals surface area contributed by atoms with Crippen molar-refractivity contribution in [2.75, 3.05) is 24.2 Å². The molecule has 1 aromatic rings. The number of nitrogens with zero attached hydrogens (tertiary/aromatic N) is 1. The van der Waals surface area contributed by atoms with Gasteiger partial charge in [-0.1, -0.05) is 27.2 Å². The SMILES string of the molecule is CCCCn1c(N)c(NCC(C)(C)CO)c(=O)[nH]c1=O. The molecule has 0 aliphatic carbocycles. The molecule has 5 N–H and O–H groups in total. The average Bonchev–Trinajstić information content (AvgIpc) is 2.38. The topological polar surface area (TPSA) is 113 Å². The molecule has 1 heterocycles. The summed E-state index contributed by atoms with van der Waals surface area (Å²) in [5.74, 6) is 0.140. The van der Waals surface area contributed by atoms with Gasteiger partial charge < -0.3 is 16.2 Å². The third kappa shape index (κ3) is 3.86. The number of aliphatic hydroxyl groups excluding tert-OH is 1. The number of aromatic amines is 1. The molecule has 0 radical (unpaired) electrons. The van der Waals surface area contributed by atoms with Crippen LogP contribution in [0.4, 0.5) is 11.5 Å². The van der Waals surface area contributed by atoms with Crippen LogP contribution in [0.5, 0.6) is 0 Å². The molecule has 7 heteroatoms. The van der Waals surface area contributed by atoms with E-state index in [0.717, 1.165) is 12.8 Å². The van der Waals surface area contributed by atoms with Gasteiger partial charge in [-0.05, 0) is 6.42 Å². The Morgan fingerprint density at radius 2 is 2.05 bits per heavy atom. The molecule has 7 nitrogen and oxygen atoms in total. The first-order chi connectivity index (χ1) is 9.32. The molecule has 1 rings (SSSR count). The van der Waals surface area contributed by atoms with Gasteiger partial charge in [0.1, 0.15) is 11.5 Å². The van der Waals surface area contributed by atoms with Gasteiger partial charge in [-0.3, -0.25) is 14.3 Å². The van der Waals surface area contributed by atoms with Crippen LogP contribution >= 0.6 is 0 Å². The fourth-order valence-electron chi connectivity index (χ4n) is 1.68. The molecular weight excluding hydrogens is 260 g/mol. The molecule has 20 heavy (non-hydrogen) atoms. The fraction of sp³-hybridized carbons (Fsp3) is 0.692. The van der Waals surface area contributed by atoms with Crippen LogP contribution in [0.3, 0.4) is 0 Å². The molecule has 0 aliphatic rings. The third-order valence-corrected chi connectivity index (χ3v) is 3.15. The fourth-order valence-corrected chi connectivity index (χ4v) is 1.68. The first-order valence-electron chi connectivity index (χ1n) is 6.79. The summed E-state index contributed by atoms with van der Waals surface area (Å²) in [6, 6.07) is 0. The smallest absolute Gasteiger partial charge is 0.330 e. The summed E-state index contributed by atoms with van der Waals surface area (Å²) in [6.07, 6.45) is 1.73. The zero-order valence-corrected chi connectivity index (χ0v) is 12.3. The van der Waals surface area contributed by atoms with Crippen molar-refractivity contribution in [1.82, 2.24) is 9.55 Å². The number of nitrogens with two attached hydrogens (primary N) is 1. The molecule has 0 bridgehead atoms. The highest BCUT2D eigenvalue weighted by Crippen LogP contribution is 2.17. The summed E-state index contributed by atoms with van der Waals surface area (Å²) in [5, 5.41) is 12.1. The molecule has 1 aromatic heterocycles. The molecule has 0 fully saturated rings. The lowest BCUT2D eigenvalue weighted by Crippen LogP contribution is -2.36. The Bertz CT molecular complexity index is 560. The predicted molar refractivity (Wildman–Crippen MR) is 80.0 cm³/mol. The highest BCUT2D eigenvalue weighted by Gasteiger charge is 2.19. The van der Waals surface area contributed by atoms with Crippen molar-refractivity contribution in [3.63, 3.8) is 0 Å². The van der Waals surface area contributed by atoms with Gasteiger partial charge in [-0.2, -0.15) is 0 Å². The number of nitrogen functional groups attached to an aromatic ring is 1. The highest BCUT2D eigenvalue weighted by atomic mass is 16.3. The van der Waals surface area contributed by atoms with Crippen LogP contribution in [-0.4, -0.2) is 27.8 Å². The maximum atomic E-state index is 11.8. The van der Waals surface area contributed by atoms with E-state index in [0.29, 0.717) is 13.1 Å². The van der Waals surface area contributed by atoms with E-state index in [1.807, 2.05) is 20.8 Å². The molecular formula is C13H24N4O3. The standard InChI is InChI=1S/C13H24N4O3/c1-4-5-6-17-10(14)9(11(19)16-12(17)20)15-7-13(2,3)8-18/h15,18H,4-8,14H2,1-3H3,(H,16,19,20). The number of anilines is 2. The van der Waals surface area contributed by atoms with Crippen LogP contribution in [0, 0.1) is 5.41 Å². The average molecular weight is 284 g/mol. The molecule has 0 amide bonds. The number of hydrogen-bond donors (Lipinski definition) is 4. The zero-order chi connectivity index (χ0) is 15.3. The van der Waals surface area contributed by atoms with Crippen molar-refractivity contribution in [3.05, 3.63) is 20.8 Å². The summed E-state index contributed by atoms with van der Waals surface area (Å²) in [7, 11) is 0. The summed E-state index contributed by atoms with van der Waals surface area (Å²) in [6.45, 7) is 6.55. The number of rotatable bonds is 7. The molecule has 0 saturated heterocycles. The van der Waals surface area contributed by atoms with Gasteiger partial charge in [-0.15, -0.1) is 0 Å². The molecule has 0 saturated carbocycles. The third-order valence-electron chi connectivity index (χ3n) is 3.15. The second kappa shape index (κ2) is 6.60. The van der Waals surface area contributed by atoms with Gasteiger partial charge in [-0.25, -0.2) is 4.79 Å². The lowest BCUT2D eigenvalue weighted by atomic mass is 9.95. The van der Waals surface area contributed by atoms with E-state index in [-0.39, 0.29) is 23.5 Å². The van der Waals surface area contributed by atoms with Crippen LogP contribution in [0.15, 0.2) is 9.59 Å². The molecule has 114 valence electrons. The van der Waals surface area contributed by atoms with Crippen LogP contribution in [-0.2, 0) is 6.54 Å². The maximum absolute atomic E-state index is 11.8. The van der Waals surface area contributed by atoms with E-state index in [9.17, 15) is 14.7 Å². The van der Waals surface area contributed by atoms with Crippen molar-refractivity contribution < 1.29 is 5.11 Å². The van der Waals surface area contributed by atoms with E-state index in [1.165, 1.54) is 4.57 Å². The van der Waals surface area contributed by atoms with Crippen molar-refractivity contribution in [2.45, 2.75) is 40.2 Å². The number of H-pyrrole nitrogens is 1. The van der Waals surface area contributed by atoms with Gasteiger partial charge in [0.2, 0.25) is 0 Å². The Kier molecular flexibility index (Phi) is 5.38. The Labute approximate surface area is 117 Å². The number of aliphatic hydroxyl groups is 1. The van der Waals surface area contributed by atoms with Crippen LogP contribution in [0.1, 0.15) is 33.6 Å². The first-order valence-corrected chi connectivity index (χ1v) is 6.79. The predicted octanol–water partition coefficient (Wildman–Crippen LogP) is 0.349. The second-order valence-electron chi connectivity index (χ2n) is 5.70. The first kappa shape index (κ1) is 16.3. The van der Waals surface area contributed by atoms with Gasteiger partial charge >= 0.3 is 5.69 Å². The monoisotopic (exact) mass is 284 g/mol. The molecule has 0 spiro atoms. The second-order valence-corrected chi connectivity index (χ2v) is 5.70. The van der Waals surface area contributed by atoms with Crippen molar-refractivity contribution >= 4 is 11.5 Å². The minimum atomic E-state index is -0.533. The molecule has 0 unspecified atom stereocenters. The van der Waals surface area contributed by atoms with Crippen molar-refractivity contribution in [1.29, 1.82) is 0 Å². The number of hydrogen-bond acceptors (Lipinski definition) is 5. The van der Waals surface area contributed by atoms with Crippen molar-refractivity contribution in [3.8, 4) is 0 Å². The van der Waals surface area contributed by atoms with Crippen molar-refractivity contribution in [2.24, 2.45) is 5.41 Å². The lowest BCUT2D eigenvalue weighted by molar-refractivity contribution is 0.171. The van der Waals surface area contributed by atoms with Crippen LogP contribution in [0.25, 0.3) is 0 Å². The Hall–Kier alpha value is -1.76. The number of unbranched alkanes of at least 4 members (excludes halogenated alkanes) is 1. The Morgan fingerprint density at radius 1 is 1.40 bits per heavy atom. The van der Waals surface area contributed by atoms with Gasteiger partial charge in [0, 0.05) is 25.1 Å². The van der Waals surface area contributed by atoms with Gasteiger partial charge in [0.25, 0.3) is 5.56 Å². The number of aromatic nitrogens is 2.